The zero-order valence-electron chi connectivity index (χ0n) is 26.4. The van der Waals surface area contributed by atoms with Gasteiger partial charge in [0.2, 0.25) is 5.75 Å². The number of pyridine rings is 1. The molecule has 3 N–H and O–H groups in total. The van der Waals surface area contributed by atoms with Gasteiger partial charge >= 0.3 is 0 Å². The summed E-state index contributed by atoms with van der Waals surface area (Å²) in [6, 6.07) is 31.2. The monoisotopic (exact) mass is 612 g/mol. The first-order chi connectivity index (χ1) is 21.9. The van der Waals surface area contributed by atoms with Crippen molar-refractivity contribution in [1.82, 2.24) is 4.57 Å². The summed E-state index contributed by atoms with van der Waals surface area (Å²) in [6.45, 7) is 10.4. The number of nitrogens with zero attached hydrogens (tertiary/aromatic N) is 2. The zero-order chi connectivity index (χ0) is 32.7. The zero-order valence-corrected chi connectivity index (χ0v) is 26.4. The molecule has 0 amide bonds. The van der Waals surface area contributed by atoms with Crippen LogP contribution in [0.4, 0.5) is 5.69 Å². The number of carbonyl (C=O) groups excluding carboxylic acids is 1. The Kier molecular flexibility index (Phi) is 7.78. The average molecular weight is 613 g/mol. The molecule has 1 aromatic heterocycles. The highest BCUT2D eigenvalue weighted by atomic mass is 16.5. The Morgan fingerprint density at radius 1 is 0.761 bits per heavy atom. The Hall–Kier alpha value is -5.56. The van der Waals surface area contributed by atoms with Gasteiger partial charge in [0.1, 0.15) is 17.0 Å². The molecule has 0 unspecified atom stereocenters. The second kappa shape index (κ2) is 11.7. The molecular formula is C39H36N2O5. The van der Waals surface area contributed by atoms with Crippen molar-refractivity contribution < 1.29 is 24.9 Å². The van der Waals surface area contributed by atoms with Gasteiger partial charge in [-0.2, -0.15) is 0 Å². The molecule has 0 spiro atoms. The number of fused-ring (bicyclic) bond motifs is 2. The maximum Gasteiger partial charge on any atom is 0.263 e. The Balaban J connectivity index is 1.62. The van der Waals surface area contributed by atoms with E-state index in [0.29, 0.717) is 44.4 Å². The molecule has 7 heteroatoms. The third-order valence-corrected chi connectivity index (χ3v) is 8.15. The van der Waals surface area contributed by atoms with Crippen LogP contribution < -0.4 is 10.1 Å². The topological polar surface area (TPSA) is 104 Å². The fourth-order valence-corrected chi connectivity index (χ4v) is 5.52. The molecule has 0 bridgehead atoms. The second-order valence-electron chi connectivity index (χ2n) is 12.8. The van der Waals surface area contributed by atoms with Gasteiger partial charge in [0.05, 0.1) is 16.6 Å². The molecular weight excluding hydrogens is 576 g/mol. The first-order valence-corrected chi connectivity index (χ1v) is 15.2. The molecule has 7 nitrogen and oxygen atoms in total. The summed E-state index contributed by atoms with van der Waals surface area (Å²) in [6.07, 6.45) is 0. The highest BCUT2D eigenvalue weighted by Crippen LogP contribution is 2.42. The van der Waals surface area contributed by atoms with Gasteiger partial charge in [0.25, 0.3) is 5.91 Å². The number of para-hydroxylation sites is 1. The van der Waals surface area contributed by atoms with Crippen molar-refractivity contribution in [2.75, 3.05) is 0 Å². The van der Waals surface area contributed by atoms with Crippen LogP contribution >= 0.6 is 0 Å². The van der Waals surface area contributed by atoms with E-state index in [9.17, 15) is 20.1 Å². The van der Waals surface area contributed by atoms with Crippen LogP contribution in [-0.4, -0.2) is 25.8 Å². The quantitative estimate of drug-likeness (QED) is 0.133. The summed E-state index contributed by atoms with van der Waals surface area (Å²) in [5, 5.41) is 34.0. The predicted octanol–water partition coefficient (Wildman–Crippen LogP) is 9.05. The van der Waals surface area contributed by atoms with E-state index in [-0.39, 0.29) is 16.8 Å². The number of benzene rings is 5. The van der Waals surface area contributed by atoms with Gasteiger partial charge in [0.15, 0.2) is 11.5 Å². The average Bonchev–Trinajstić information content (AvgIpc) is 3.04. The van der Waals surface area contributed by atoms with Crippen molar-refractivity contribution in [3.8, 4) is 28.7 Å². The van der Waals surface area contributed by atoms with E-state index in [1.807, 2.05) is 84.9 Å². The molecule has 0 aliphatic rings. The largest absolute Gasteiger partial charge is 0.504 e. The van der Waals surface area contributed by atoms with Gasteiger partial charge < -0.3 is 20.1 Å². The van der Waals surface area contributed by atoms with E-state index >= 15 is 0 Å². The molecule has 6 aromatic rings. The minimum Gasteiger partial charge on any atom is -0.504 e. The van der Waals surface area contributed by atoms with Crippen LogP contribution in [0.2, 0.25) is 0 Å². The van der Waals surface area contributed by atoms with Crippen molar-refractivity contribution in [3.63, 3.8) is 0 Å². The number of aromatic nitrogens is 1. The maximum absolute atomic E-state index is 14.4. The molecule has 6 rings (SSSR count). The molecule has 0 atom stereocenters. The van der Waals surface area contributed by atoms with Crippen LogP contribution in [0, 0.1) is 0 Å². The van der Waals surface area contributed by atoms with Gasteiger partial charge in [-0.3, -0.25) is 9.36 Å². The first kappa shape index (κ1) is 30.5. The van der Waals surface area contributed by atoms with Crippen molar-refractivity contribution in [2.24, 2.45) is 4.99 Å². The smallest absolute Gasteiger partial charge is 0.263 e. The summed E-state index contributed by atoms with van der Waals surface area (Å²) < 4.78 is 7.35. The fraction of sp³-hybridized carbons (Fsp3) is 0.179. The predicted molar refractivity (Wildman–Crippen MR) is 182 cm³/mol. The number of phenolic OH excluding ortho intramolecular Hbond substituents is 3. The molecule has 0 aliphatic heterocycles. The lowest BCUT2D eigenvalue weighted by Gasteiger charge is -2.20. The molecule has 0 radical (unpaired) electrons. The summed E-state index contributed by atoms with van der Waals surface area (Å²) in [7, 11) is 0. The van der Waals surface area contributed by atoms with Crippen LogP contribution in [0.15, 0.2) is 108 Å². The van der Waals surface area contributed by atoms with Crippen LogP contribution in [-0.2, 0) is 5.41 Å². The Labute approximate surface area is 267 Å². The molecule has 0 saturated heterocycles. The van der Waals surface area contributed by atoms with E-state index in [2.05, 4.69) is 34.6 Å². The number of phenols is 3. The fourth-order valence-electron chi connectivity index (χ4n) is 5.52. The van der Waals surface area contributed by atoms with E-state index in [1.165, 1.54) is 10.6 Å². The molecule has 46 heavy (non-hydrogen) atoms. The van der Waals surface area contributed by atoms with E-state index in [1.54, 1.807) is 12.1 Å². The SMILES string of the molecule is CC(C)c1ccc2c(=Nc3ccc(Oc4ccccc4)cc3)c3cc(O)c(O)c(O)c3n(C(=O)c3ccc(C(C)(C)C)cc3)c2c1. The Bertz CT molecular complexity index is 2160. The second-order valence-corrected chi connectivity index (χ2v) is 12.8. The summed E-state index contributed by atoms with van der Waals surface area (Å²) in [5.41, 5.74) is 3.49. The third kappa shape index (κ3) is 5.68. The first-order valence-electron chi connectivity index (χ1n) is 15.2. The van der Waals surface area contributed by atoms with E-state index in [0.717, 1.165) is 11.1 Å². The van der Waals surface area contributed by atoms with Crippen LogP contribution in [0.3, 0.4) is 0 Å². The maximum atomic E-state index is 14.4. The van der Waals surface area contributed by atoms with E-state index in [4.69, 9.17) is 9.73 Å². The number of hydrogen-bond donors (Lipinski definition) is 3. The molecule has 232 valence electrons. The van der Waals surface area contributed by atoms with Gasteiger partial charge in [-0.15, -0.1) is 0 Å². The summed E-state index contributed by atoms with van der Waals surface area (Å²) in [4.78, 5) is 19.3. The van der Waals surface area contributed by atoms with Crippen LogP contribution in [0.1, 0.15) is 62.0 Å². The molecule has 0 saturated carbocycles. The lowest BCUT2D eigenvalue weighted by atomic mass is 9.86. The van der Waals surface area contributed by atoms with Gasteiger partial charge in [-0.1, -0.05) is 77.1 Å². The van der Waals surface area contributed by atoms with Crippen LogP contribution in [0.5, 0.6) is 28.7 Å². The molecule has 0 aliphatic carbocycles. The normalized spacial score (nSPS) is 12.3. The minimum absolute atomic E-state index is 0.0383. The highest BCUT2D eigenvalue weighted by Gasteiger charge is 2.24. The van der Waals surface area contributed by atoms with E-state index < -0.39 is 23.2 Å². The summed E-state index contributed by atoms with van der Waals surface area (Å²) in [5.74, 6) is -0.768. The molecule has 1 heterocycles. The van der Waals surface area contributed by atoms with Crippen molar-refractivity contribution >= 4 is 33.4 Å². The van der Waals surface area contributed by atoms with Gasteiger partial charge in [-0.05, 0) is 83.1 Å². The number of hydrogen-bond acceptors (Lipinski definition) is 6. The van der Waals surface area contributed by atoms with Gasteiger partial charge in [-0.25, -0.2) is 4.99 Å². The minimum atomic E-state index is -0.718. The number of aromatic hydroxyl groups is 3. The third-order valence-electron chi connectivity index (χ3n) is 8.15. The summed E-state index contributed by atoms with van der Waals surface area (Å²) >= 11 is 0. The number of ether oxygens (including phenoxy) is 1. The van der Waals surface area contributed by atoms with Gasteiger partial charge in [0, 0.05) is 16.3 Å². The highest BCUT2D eigenvalue weighted by molar-refractivity contribution is 6.10. The van der Waals surface area contributed by atoms with Crippen molar-refractivity contribution in [2.45, 2.75) is 46.0 Å². The molecule has 0 fully saturated rings. The standard InChI is InChI=1S/C39H36N2O5/c1-23(2)25-13-20-30-32(21-25)41(38(45)24-11-14-26(15-12-24)39(3,4)5)35-31(22-33(42)36(43)37(35)44)34(30)40-27-16-18-29(19-17-27)46-28-9-7-6-8-10-28/h6-23,42-44H,1-5H3. The van der Waals surface area contributed by atoms with Crippen molar-refractivity contribution in [3.05, 3.63) is 125 Å². The Morgan fingerprint density at radius 2 is 1.41 bits per heavy atom. The lowest BCUT2D eigenvalue weighted by Crippen LogP contribution is -2.20. The van der Waals surface area contributed by atoms with Crippen LogP contribution in [0.25, 0.3) is 21.8 Å². The Morgan fingerprint density at radius 3 is 2.04 bits per heavy atom. The number of rotatable bonds is 5. The molecule has 5 aromatic carbocycles. The van der Waals surface area contributed by atoms with Crippen molar-refractivity contribution in [1.29, 1.82) is 0 Å². The lowest BCUT2D eigenvalue weighted by molar-refractivity contribution is 0.0968. The number of carbonyl (C=O) groups is 1.